The second-order valence-corrected chi connectivity index (χ2v) is 6.12. The van der Waals surface area contributed by atoms with E-state index in [9.17, 15) is 4.79 Å². The van der Waals surface area contributed by atoms with E-state index in [-0.39, 0.29) is 5.91 Å². The van der Waals surface area contributed by atoms with Crippen LogP contribution in [-0.4, -0.2) is 17.5 Å². The summed E-state index contributed by atoms with van der Waals surface area (Å²) in [7, 11) is 0. The Morgan fingerprint density at radius 3 is 2.62 bits per heavy atom. The predicted molar refractivity (Wildman–Crippen MR) is 97.9 cm³/mol. The highest BCUT2D eigenvalue weighted by molar-refractivity contribution is 7.14. The van der Waals surface area contributed by atoms with Gasteiger partial charge in [-0.05, 0) is 49.7 Å². The highest BCUT2D eigenvalue weighted by atomic mass is 32.1. The van der Waals surface area contributed by atoms with Crippen LogP contribution in [0.4, 0.5) is 5.13 Å². The maximum absolute atomic E-state index is 12.3. The molecule has 0 saturated heterocycles. The van der Waals surface area contributed by atoms with Crippen molar-refractivity contribution in [1.29, 1.82) is 0 Å². The number of amides is 1. The quantitative estimate of drug-likeness (QED) is 0.729. The first-order chi connectivity index (χ1) is 11.7. The van der Waals surface area contributed by atoms with E-state index in [2.05, 4.69) is 10.3 Å². The Kier molecular flexibility index (Phi) is 4.91. The van der Waals surface area contributed by atoms with Crippen molar-refractivity contribution in [2.45, 2.75) is 13.8 Å². The Labute approximate surface area is 145 Å². The molecule has 0 spiro atoms. The van der Waals surface area contributed by atoms with Crippen molar-refractivity contribution in [2.24, 2.45) is 0 Å². The first-order valence-electron chi connectivity index (χ1n) is 7.73. The number of thiazole rings is 1. The summed E-state index contributed by atoms with van der Waals surface area (Å²) in [5.41, 5.74) is 3.43. The lowest BCUT2D eigenvalue weighted by Gasteiger charge is -2.05. The summed E-state index contributed by atoms with van der Waals surface area (Å²) in [6.45, 7) is 4.52. The first kappa shape index (κ1) is 16.2. The van der Waals surface area contributed by atoms with E-state index >= 15 is 0 Å². The number of anilines is 1. The number of hydrogen-bond acceptors (Lipinski definition) is 4. The number of aromatic nitrogens is 1. The minimum atomic E-state index is -0.138. The van der Waals surface area contributed by atoms with E-state index in [0.29, 0.717) is 17.3 Å². The lowest BCUT2D eigenvalue weighted by Crippen LogP contribution is -2.12. The number of nitrogens with one attached hydrogen (secondary N) is 1. The molecule has 1 N–H and O–H groups in total. The number of nitrogens with zero attached hydrogens (tertiary/aromatic N) is 1. The fraction of sp³-hybridized carbons (Fsp3) is 0.158. The van der Waals surface area contributed by atoms with Crippen molar-refractivity contribution in [3.63, 3.8) is 0 Å². The van der Waals surface area contributed by atoms with Crippen LogP contribution < -0.4 is 10.1 Å². The molecule has 3 rings (SSSR count). The number of aryl methyl sites for hydroxylation is 1. The molecule has 0 aliphatic heterocycles. The average Bonchev–Trinajstić information content (AvgIpc) is 3.04. The highest BCUT2D eigenvalue weighted by Crippen LogP contribution is 2.27. The lowest BCUT2D eigenvalue weighted by atomic mass is 10.1. The Bertz CT molecular complexity index is 841. The molecule has 122 valence electrons. The van der Waals surface area contributed by atoms with Crippen LogP contribution in [0.25, 0.3) is 11.3 Å². The SMILES string of the molecule is CCOc1ccc(-c2csc(NC(=O)c3ccccc3C)n2)cc1. The van der Waals surface area contributed by atoms with E-state index in [0.717, 1.165) is 22.6 Å². The molecular formula is C19H18N2O2S. The van der Waals surface area contributed by atoms with Gasteiger partial charge in [-0.15, -0.1) is 11.3 Å². The zero-order valence-corrected chi connectivity index (χ0v) is 14.4. The Morgan fingerprint density at radius 2 is 1.92 bits per heavy atom. The maximum Gasteiger partial charge on any atom is 0.257 e. The summed E-state index contributed by atoms with van der Waals surface area (Å²) in [4.78, 5) is 16.8. The minimum absolute atomic E-state index is 0.138. The van der Waals surface area contributed by atoms with Gasteiger partial charge in [-0.3, -0.25) is 10.1 Å². The van der Waals surface area contributed by atoms with Gasteiger partial charge in [0, 0.05) is 16.5 Å². The van der Waals surface area contributed by atoms with E-state index < -0.39 is 0 Å². The van der Waals surface area contributed by atoms with Crippen molar-refractivity contribution in [3.05, 3.63) is 65.0 Å². The third-order valence-corrected chi connectivity index (χ3v) is 4.33. The third-order valence-electron chi connectivity index (χ3n) is 3.58. The van der Waals surface area contributed by atoms with Gasteiger partial charge in [0.1, 0.15) is 5.75 Å². The van der Waals surface area contributed by atoms with Crippen LogP contribution in [0.5, 0.6) is 5.75 Å². The molecule has 1 heterocycles. The van der Waals surface area contributed by atoms with Gasteiger partial charge in [-0.1, -0.05) is 18.2 Å². The summed E-state index contributed by atoms with van der Waals surface area (Å²) in [6, 6.07) is 15.3. The fourth-order valence-electron chi connectivity index (χ4n) is 2.34. The number of benzene rings is 2. The molecule has 0 aliphatic carbocycles. The van der Waals surface area contributed by atoms with E-state index in [1.54, 1.807) is 0 Å². The van der Waals surface area contributed by atoms with Crippen molar-refractivity contribution in [1.82, 2.24) is 4.98 Å². The van der Waals surface area contributed by atoms with Crippen molar-refractivity contribution in [3.8, 4) is 17.0 Å². The van der Waals surface area contributed by atoms with Gasteiger partial charge in [0.2, 0.25) is 0 Å². The van der Waals surface area contributed by atoms with Crippen molar-refractivity contribution in [2.75, 3.05) is 11.9 Å². The molecule has 0 unspecified atom stereocenters. The predicted octanol–water partition coefficient (Wildman–Crippen LogP) is 4.77. The van der Waals surface area contributed by atoms with Gasteiger partial charge in [-0.2, -0.15) is 0 Å². The van der Waals surface area contributed by atoms with Gasteiger partial charge in [-0.25, -0.2) is 4.98 Å². The molecule has 0 aliphatic rings. The molecule has 3 aromatic rings. The molecule has 5 heteroatoms. The van der Waals surface area contributed by atoms with Crippen LogP contribution in [0.15, 0.2) is 53.9 Å². The topological polar surface area (TPSA) is 51.2 Å². The Hall–Kier alpha value is -2.66. The molecule has 2 aromatic carbocycles. The van der Waals surface area contributed by atoms with Crippen molar-refractivity contribution < 1.29 is 9.53 Å². The molecule has 24 heavy (non-hydrogen) atoms. The number of carbonyl (C=O) groups excluding carboxylic acids is 1. The summed E-state index contributed by atoms with van der Waals surface area (Å²) in [5.74, 6) is 0.699. The second-order valence-electron chi connectivity index (χ2n) is 5.26. The third kappa shape index (κ3) is 3.63. The van der Waals surface area contributed by atoms with Gasteiger partial charge < -0.3 is 4.74 Å². The van der Waals surface area contributed by atoms with Crippen LogP contribution in [0.3, 0.4) is 0 Å². The molecule has 0 atom stereocenters. The molecule has 0 saturated carbocycles. The van der Waals surface area contributed by atoms with Gasteiger partial charge in [0.15, 0.2) is 5.13 Å². The Balaban J connectivity index is 1.73. The molecule has 1 aromatic heterocycles. The number of hydrogen-bond donors (Lipinski definition) is 1. The van der Waals surface area contributed by atoms with E-state index in [1.807, 2.05) is 67.8 Å². The van der Waals surface area contributed by atoms with Gasteiger partial charge in [0.05, 0.1) is 12.3 Å². The van der Waals surface area contributed by atoms with E-state index in [1.165, 1.54) is 11.3 Å². The summed E-state index contributed by atoms with van der Waals surface area (Å²) in [5, 5.41) is 5.39. The monoisotopic (exact) mass is 338 g/mol. The average molecular weight is 338 g/mol. The zero-order chi connectivity index (χ0) is 16.9. The molecule has 4 nitrogen and oxygen atoms in total. The summed E-state index contributed by atoms with van der Waals surface area (Å²) >= 11 is 1.41. The lowest BCUT2D eigenvalue weighted by molar-refractivity contribution is 0.102. The van der Waals surface area contributed by atoms with E-state index in [4.69, 9.17) is 4.74 Å². The standard InChI is InChI=1S/C19H18N2O2S/c1-3-23-15-10-8-14(9-11-15)17-12-24-19(20-17)21-18(22)16-7-5-4-6-13(16)2/h4-12H,3H2,1-2H3,(H,20,21,22). The van der Waals surface area contributed by atoms with Gasteiger partial charge in [0.25, 0.3) is 5.91 Å². The highest BCUT2D eigenvalue weighted by Gasteiger charge is 2.11. The normalized spacial score (nSPS) is 10.4. The van der Waals surface area contributed by atoms with Crippen LogP contribution in [0, 0.1) is 6.92 Å². The molecular weight excluding hydrogens is 320 g/mol. The number of rotatable bonds is 5. The largest absolute Gasteiger partial charge is 0.494 e. The second kappa shape index (κ2) is 7.27. The summed E-state index contributed by atoms with van der Waals surface area (Å²) in [6.07, 6.45) is 0. The molecule has 0 fully saturated rings. The fourth-order valence-corrected chi connectivity index (χ4v) is 3.06. The summed E-state index contributed by atoms with van der Waals surface area (Å²) < 4.78 is 5.44. The smallest absolute Gasteiger partial charge is 0.257 e. The Morgan fingerprint density at radius 1 is 1.17 bits per heavy atom. The molecule has 1 amide bonds. The minimum Gasteiger partial charge on any atom is -0.494 e. The van der Waals surface area contributed by atoms with Crippen LogP contribution in [-0.2, 0) is 0 Å². The number of ether oxygens (including phenoxy) is 1. The molecule has 0 bridgehead atoms. The van der Waals surface area contributed by atoms with Crippen LogP contribution >= 0.6 is 11.3 Å². The van der Waals surface area contributed by atoms with Crippen molar-refractivity contribution >= 4 is 22.4 Å². The zero-order valence-electron chi connectivity index (χ0n) is 13.6. The molecule has 0 radical (unpaired) electrons. The first-order valence-corrected chi connectivity index (χ1v) is 8.61. The van der Waals surface area contributed by atoms with Gasteiger partial charge >= 0.3 is 0 Å². The van der Waals surface area contributed by atoms with Crippen LogP contribution in [0.1, 0.15) is 22.8 Å². The number of carbonyl (C=O) groups is 1. The maximum atomic E-state index is 12.3. The van der Waals surface area contributed by atoms with Crippen LogP contribution in [0.2, 0.25) is 0 Å².